The van der Waals surface area contributed by atoms with E-state index in [1.165, 1.54) is 31.8 Å². The molecule has 0 aromatic heterocycles. The molecular formula is C18H24IN3O. The number of aliphatic imine (C=N–C) groups is 2. The van der Waals surface area contributed by atoms with E-state index in [9.17, 15) is 4.79 Å². The number of nitrogens with zero attached hydrogens (tertiary/aromatic N) is 3. The van der Waals surface area contributed by atoms with Gasteiger partial charge in [-0.1, -0.05) is 26.7 Å². The Morgan fingerprint density at radius 1 is 1.26 bits per heavy atom. The molecule has 23 heavy (non-hydrogen) atoms. The monoisotopic (exact) mass is 425 g/mol. The highest BCUT2D eigenvalue weighted by atomic mass is 127. The highest BCUT2D eigenvalue weighted by Gasteiger charge is 2.19. The third kappa shape index (κ3) is 5.41. The molecule has 0 bridgehead atoms. The van der Waals surface area contributed by atoms with Crippen LogP contribution < -0.4 is 0 Å². The summed E-state index contributed by atoms with van der Waals surface area (Å²) < 4.78 is 1.12. The van der Waals surface area contributed by atoms with E-state index in [0.717, 1.165) is 33.7 Å². The van der Waals surface area contributed by atoms with Crippen molar-refractivity contribution in [1.29, 1.82) is 0 Å². The Morgan fingerprint density at radius 2 is 1.96 bits per heavy atom. The summed E-state index contributed by atoms with van der Waals surface area (Å²) in [5.74, 6) is -0.176. The van der Waals surface area contributed by atoms with Crippen LogP contribution in [0, 0.1) is 0 Å². The minimum Gasteiger partial charge on any atom is -0.363 e. The van der Waals surface area contributed by atoms with Crippen molar-refractivity contribution in [2.45, 2.75) is 46.0 Å². The fraction of sp³-hybridized carbons (Fsp3) is 0.500. The van der Waals surface area contributed by atoms with E-state index in [1.54, 1.807) is 0 Å². The van der Waals surface area contributed by atoms with Crippen LogP contribution >= 0.6 is 22.6 Å². The number of rotatable bonds is 8. The second-order valence-corrected chi connectivity index (χ2v) is 6.95. The van der Waals surface area contributed by atoms with Crippen LogP contribution in [0.1, 0.15) is 46.0 Å². The Balaban J connectivity index is 2.10. The molecule has 0 spiro atoms. The van der Waals surface area contributed by atoms with Gasteiger partial charge in [-0.15, -0.1) is 0 Å². The molecule has 0 N–H and O–H groups in total. The third-order valence-corrected chi connectivity index (χ3v) is 4.79. The fourth-order valence-electron chi connectivity index (χ4n) is 2.44. The van der Waals surface area contributed by atoms with E-state index in [1.807, 2.05) is 12.4 Å². The Kier molecular flexibility index (Phi) is 7.20. The minimum absolute atomic E-state index is 0.176. The van der Waals surface area contributed by atoms with Crippen molar-refractivity contribution in [3.63, 3.8) is 0 Å². The van der Waals surface area contributed by atoms with Crippen LogP contribution in [-0.4, -0.2) is 35.9 Å². The summed E-state index contributed by atoms with van der Waals surface area (Å²) >= 11 is 2.31. The normalized spacial score (nSPS) is 17.4. The number of amides is 1. The van der Waals surface area contributed by atoms with E-state index < -0.39 is 0 Å². The maximum absolute atomic E-state index is 11.4. The molecule has 2 aliphatic rings. The molecule has 0 aromatic rings. The number of carbonyl (C=O) groups excluding carboxylic acids is 1. The molecule has 5 heteroatoms. The molecular weight excluding hydrogens is 401 g/mol. The quantitative estimate of drug-likeness (QED) is 0.328. The summed E-state index contributed by atoms with van der Waals surface area (Å²) in [7, 11) is 0. The summed E-state index contributed by atoms with van der Waals surface area (Å²) in [6, 6.07) is 0. The summed E-state index contributed by atoms with van der Waals surface area (Å²) in [5.41, 5.74) is 2.86. The van der Waals surface area contributed by atoms with Gasteiger partial charge in [0.05, 0.1) is 17.7 Å². The van der Waals surface area contributed by atoms with Gasteiger partial charge < -0.3 is 4.90 Å². The molecule has 0 aromatic carbocycles. The van der Waals surface area contributed by atoms with E-state index in [-0.39, 0.29) is 5.91 Å². The molecule has 0 unspecified atom stereocenters. The molecule has 2 rings (SSSR count). The molecule has 4 nitrogen and oxygen atoms in total. The molecule has 1 heterocycles. The van der Waals surface area contributed by atoms with Gasteiger partial charge >= 0.3 is 0 Å². The molecule has 0 fully saturated rings. The van der Waals surface area contributed by atoms with Crippen molar-refractivity contribution in [3.05, 3.63) is 33.1 Å². The number of fused-ring (bicyclic) bond motifs is 1. The second kappa shape index (κ2) is 9.15. The predicted octanol–water partition coefficient (Wildman–Crippen LogP) is 4.43. The fourth-order valence-corrected chi connectivity index (χ4v) is 3.10. The highest BCUT2D eigenvalue weighted by Crippen LogP contribution is 2.29. The van der Waals surface area contributed by atoms with Gasteiger partial charge in [-0.25, -0.2) is 9.98 Å². The lowest BCUT2D eigenvalue weighted by molar-refractivity contribution is -0.113. The van der Waals surface area contributed by atoms with Gasteiger partial charge in [0.15, 0.2) is 0 Å². The van der Waals surface area contributed by atoms with Crippen molar-refractivity contribution in [2.24, 2.45) is 9.98 Å². The lowest BCUT2D eigenvalue weighted by Gasteiger charge is -2.20. The zero-order chi connectivity index (χ0) is 16.7. The predicted molar refractivity (Wildman–Crippen MR) is 105 cm³/mol. The molecule has 1 amide bonds. The molecule has 0 saturated heterocycles. The van der Waals surface area contributed by atoms with Crippen molar-refractivity contribution < 1.29 is 4.79 Å². The van der Waals surface area contributed by atoms with Crippen molar-refractivity contribution >= 4 is 40.5 Å². The van der Waals surface area contributed by atoms with E-state index in [0.29, 0.717) is 6.42 Å². The van der Waals surface area contributed by atoms with E-state index in [2.05, 4.69) is 52.4 Å². The van der Waals surface area contributed by atoms with Gasteiger partial charge in [0, 0.05) is 29.2 Å². The number of carbonyl (C=O) groups is 1. The maximum atomic E-state index is 11.4. The number of allylic oxidation sites excluding steroid dienone is 5. The van der Waals surface area contributed by atoms with E-state index >= 15 is 0 Å². The molecule has 1 aliphatic carbocycles. The van der Waals surface area contributed by atoms with Gasteiger partial charge in [-0.3, -0.25) is 4.79 Å². The van der Waals surface area contributed by atoms with Crippen LogP contribution in [0.4, 0.5) is 0 Å². The first kappa shape index (κ1) is 18.1. The van der Waals surface area contributed by atoms with Crippen LogP contribution in [-0.2, 0) is 4.79 Å². The Morgan fingerprint density at radius 3 is 2.61 bits per heavy atom. The number of unbranched alkanes of at least 4 members (excludes halogenated alkanes) is 2. The molecule has 124 valence electrons. The lowest BCUT2D eigenvalue weighted by atomic mass is 9.98. The second-order valence-electron chi connectivity index (χ2n) is 5.79. The summed E-state index contributed by atoms with van der Waals surface area (Å²) in [5, 5.41) is 0. The first-order chi connectivity index (χ1) is 11.1. The topological polar surface area (TPSA) is 45.0 Å². The summed E-state index contributed by atoms with van der Waals surface area (Å²) in [6.07, 6.45) is 12.8. The molecule has 0 saturated carbocycles. The van der Waals surface area contributed by atoms with Crippen LogP contribution in [0.15, 0.2) is 43.1 Å². The van der Waals surface area contributed by atoms with Gasteiger partial charge in [0.25, 0.3) is 5.91 Å². The number of hydrogen-bond acceptors (Lipinski definition) is 2. The van der Waals surface area contributed by atoms with Crippen LogP contribution in [0.3, 0.4) is 0 Å². The molecule has 0 radical (unpaired) electrons. The van der Waals surface area contributed by atoms with Crippen LogP contribution in [0.5, 0.6) is 0 Å². The molecule has 0 atom stereocenters. The maximum Gasteiger partial charge on any atom is 0.269 e. The SMILES string of the molecule is CCCCN(C=NC1=C(I)C=C2C=CC(=O)N=C2C1)CCCC. The zero-order valence-corrected chi connectivity index (χ0v) is 16.0. The van der Waals surface area contributed by atoms with Gasteiger partial charge in [0.1, 0.15) is 0 Å². The minimum atomic E-state index is -0.176. The number of dihydropyridines is 1. The Bertz CT molecular complexity index is 591. The standard InChI is InChI=1S/C18H24IN3O/c1-3-5-9-22(10-6-4-2)13-20-17-12-16-14(11-15(17)19)7-8-18(23)21-16/h7-8,11,13H,3-6,9-10,12H2,1-2H3. The average molecular weight is 425 g/mol. The highest BCUT2D eigenvalue weighted by molar-refractivity contribution is 14.1. The zero-order valence-electron chi connectivity index (χ0n) is 13.9. The van der Waals surface area contributed by atoms with Crippen molar-refractivity contribution in [2.75, 3.05) is 13.1 Å². The Labute approximate surface area is 152 Å². The number of hydrogen-bond donors (Lipinski definition) is 0. The van der Waals surface area contributed by atoms with Gasteiger partial charge in [-0.2, -0.15) is 0 Å². The van der Waals surface area contributed by atoms with E-state index in [4.69, 9.17) is 4.99 Å². The smallest absolute Gasteiger partial charge is 0.269 e. The summed E-state index contributed by atoms with van der Waals surface area (Å²) in [4.78, 5) is 22.6. The molecule has 1 aliphatic heterocycles. The van der Waals surface area contributed by atoms with Gasteiger partial charge in [-0.05, 0) is 53.2 Å². The Hall–Kier alpha value is -1.24. The largest absolute Gasteiger partial charge is 0.363 e. The van der Waals surface area contributed by atoms with Crippen LogP contribution in [0.2, 0.25) is 0 Å². The van der Waals surface area contributed by atoms with Crippen LogP contribution in [0.25, 0.3) is 0 Å². The first-order valence-corrected chi connectivity index (χ1v) is 9.40. The summed E-state index contributed by atoms with van der Waals surface area (Å²) in [6.45, 7) is 6.51. The number of halogens is 1. The van der Waals surface area contributed by atoms with Crippen molar-refractivity contribution in [3.8, 4) is 0 Å². The third-order valence-electron chi connectivity index (χ3n) is 3.85. The first-order valence-electron chi connectivity index (χ1n) is 8.32. The lowest BCUT2D eigenvalue weighted by Crippen LogP contribution is -2.24. The average Bonchev–Trinajstić information content (AvgIpc) is 2.54. The van der Waals surface area contributed by atoms with Gasteiger partial charge in [0.2, 0.25) is 0 Å². The van der Waals surface area contributed by atoms with Crippen molar-refractivity contribution in [1.82, 2.24) is 4.90 Å².